The van der Waals surface area contributed by atoms with Crippen molar-refractivity contribution >= 4 is 19.5 Å². The second kappa shape index (κ2) is 10.0. The summed E-state index contributed by atoms with van der Waals surface area (Å²) in [6, 6.07) is 22.4. The first-order valence-corrected chi connectivity index (χ1v) is 9.84. The Hall–Kier alpha value is -2.48. The minimum atomic E-state index is -1.10. The number of hydrogen-bond acceptors (Lipinski definition) is 3. The second-order valence-electron chi connectivity index (χ2n) is 6.48. The van der Waals surface area contributed by atoms with E-state index in [1.54, 1.807) is 12.1 Å². The first-order chi connectivity index (χ1) is 12.9. The molecule has 3 rings (SSSR count). The Morgan fingerprint density at radius 2 is 1.33 bits per heavy atom. The van der Waals surface area contributed by atoms with Crippen LogP contribution >= 0.6 is 8.46 Å². The lowest BCUT2D eigenvalue weighted by molar-refractivity contribution is 0.0746. The molecule has 0 bridgehead atoms. The van der Waals surface area contributed by atoms with Crippen molar-refractivity contribution in [2.24, 2.45) is 0 Å². The molecular weight excluding hydrogens is 355 g/mol. The van der Waals surface area contributed by atoms with Gasteiger partial charge in [0.25, 0.3) is 0 Å². The van der Waals surface area contributed by atoms with Crippen LogP contribution in [0, 0.1) is 20.8 Å². The maximum absolute atomic E-state index is 12.4. The van der Waals surface area contributed by atoms with Crippen molar-refractivity contribution in [2.45, 2.75) is 26.9 Å². The zero-order valence-corrected chi connectivity index (χ0v) is 17.0. The summed E-state index contributed by atoms with van der Waals surface area (Å²) in [6.45, 7) is 5.82. The summed E-state index contributed by atoms with van der Waals surface area (Å²) < 4.78 is 10.2. The molecule has 0 aliphatic carbocycles. The summed E-state index contributed by atoms with van der Waals surface area (Å²) in [5.41, 5.74) is 4.21. The average molecular weight is 380 g/mol. The number of hydrogen-bond donors (Lipinski definition) is 1. The number of benzene rings is 3. The smallest absolute Gasteiger partial charge is 0.196 e. The molecule has 140 valence electrons. The van der Waals surface area contributed by atoms with Crippen molar-refractivity contribution < 1.29 is 14.5 Å². The number of aliphatic hydroxyl groups excluding tert-OH is 1. The Labute approximate surface area is 161 Å². The largest absolute Gasteiger partial charge is 0.380 e. The van der Waals surface area contributed by atoms with Crippen molar-refractivity contribution in [3.05, 3.63) is 101 Å². The molecule has 0 fully saturated rings. The number of Topliss-reactive ketones (excluding diaryl/α,β-unsaturated/α-hetero) is 1. The lowest BCUT2D eigenvalue weighted by Gasteiger charge is -2.14. The summed E-state index contributed by atoms with van der Waals surface area (Å²) in [6.07, 6.45) is -1.10. The number of carbonyl (C=O) groups excluding carboxylic acids is 1. The Bertz CT molecular complexity index is 882. The lowest BCUT2D eigenvalue weighted by atomic mass is 9.92. The summed E-state index contributed by atoms with van der Waals surface area (Å²) in [5, 5.41) is 11.1. The Morgan fingerprint density at radius 3 is 1.78 bits per heavy atom. The first kappa shape index (κ1) is 20.8. The standard InChI is InChI=1S/C17H18O2.C6H7OP/c1-11-9-12(2)15(13(3)10-11)17(19)16(18)14-7-5-4-6-8-14;7-8-6-4-2-1-3-5-6/h4-10,16,18H,1-3H3;1-5H,8H2. The Morgan fingerprint density at radius 1 is 0.852 bits per heavy atom. The molecule has 0 heterocycles. The predicted octanol–water partition coefficient (Wildman–Crippen LogP) is 4.60. The van der Waals surface area contributed by atoms with Gasteiger partial charge in [-0.15, -0.1) is 0 Å². The third kappa shape index (κ3) is 5.75. The third-order valence-corrected chi connectivity index (χ3v) is 4.88. The molecular formula is C23H25O3P. The van der Waals surface area contributed by atoms with E-state index in [2.05, 4.69) is 0 Å². The van der Waals surface area contributed by atoms with Gasteiger partial charge in [0.05, 0.1) is 8.46 Å². The van der Waals surface area contributed by atoms with E-state index in [1.165, 1.54) is 0 Å². The first-order valence-electron chi connectivity index (χ1n) is 8.79. The van der Waals surface area contributed by atoms with E-state index in [0.717, 1.165) is 22.0 Å². The molecule has 3 nitrogen and oxygen atoms in total. The van der Waals surface area contributed by atoms with Crippen LogP contribution in [0.3, 0.4) is 0 Å². The van der Waals surface area contributed by atoms with Crippen LogP contribution < -0.4 is 5.30 Å². The van der Waals surface area contributed by atoms with Crippen LogP contribution in [0.1, 0.15) is 38.7 Å². The van der Waals surface area contributed by atoms with Gasteiger partial charge in [0, 0.05) is 10.9 Å². The molecule has 4 heteroatoms. The molecule has 0 amide bonds. The van der Waals surface area contributed by atoms with Crippen molar-refractivity contribution in [3.8, 4) is 0 Å². The summed E-state index contributed by atoms with van der Waals surface area (Å²) in [4.78, 5) is 12.4. The van der Waals surface area contributed by atoms with Gasteiger partial charge in [-0.3, -0.25) is 4.79 Å². The molecule has 3 aromatic carbocycles. The molecule has 0 aliphatic heterocycles. The van der Waals surface area contributed by atoms with E-state index in [-0.39, 0.29) is 5.78 Å². The maximum atomic E-state index is 12.4. The van der Waals surface area contributed by atoms with E-state index in [9.17, 15) is 14.5 Å². The molecule has 0 radical (unpaired) electrons. The SMILES string of the molecule is Cc1cc(C)c(C(=O)C(O)c2ccccc2)c(C)c1.O=[PH2]c1ccccc1. The number of rotatable bonds is 4. The van der Waals surface area contributed by atoms with Gasteiger partial charge in [0.2, 0.25) is 0 Å². The van der Waals surface area contributed by atoms with Gasteiger partial charge >= 0.3 is 0 Å². The molecule has 0 spiro atoms. The molecule has 27 heavy (non-hydrogen) atoms. The Balaban J connectivity index is 0.000000273. The fourth-order valence-electron chi connectivity index (χ4n) is 3.02. The quantitative estimate of drug-likeness (QED) is 0.532. The normalized spacial score (nSPS) is 11.7. The molecule has 0 saturated heterocycles. The van der Waals surface area contributed by atoms with Gasteiger partial charge in [0.1, 0.15) is 6.10 Å². The molecule has 2 atom stereocenters. The molecule has 1 N–H and O–H groups in total. The van der Waals surface area contributed by atoms with E-state index in [0.29, 0.717) is 11.1 Å². The van der Waals surface area contributed by atoms with E-state index < -0.39 is 14.6 Å². The second-order valence-corrected chi connectivity index (χ2v) is 7.38. The molecule has 0 aromatic heterocycles. The number of carbonyl (C=O) groups is 1. The molecule has 3 aromatic rings. The highest BCUT2D eigenvalue weighted by Crippen LogP contribution is 2.24. The molecule has 0 aliphatic rings. The van der Waals surface area contributed by atoms with Gasteiger partial charge in [-0.1, -0.05) is 78.4 Å². The topological polar surface area (TPSA) is 54.4 Å². The van der Waals surface area contributed by atoms with Crippen LogP contribution in [-0.4, -0.2) is 10.9 Å². The summed E-state index contributed by atoms with van der Waals surface area (Å²) in [5.74, 6) is -0.235. The monoisotopic (exact) mass is 380 g/mol. The highest BCUT2D eigenvalue weighted by atomic mass is 31.1. The summed E-state index contributed by atoms with van der Waals surface area (Å²) >= 11 is 0. The van der Waals surface area contributed by atoms with Gasteiger partial charge in [-0.2, -0.15) is 0 Å². The van der Waals surface area contributed by atoms with Crippen molar-refractivity contribution in [1.29, 1.82) is 0 Å². The number of aliphatic hydroxyl groups is 1. The van der Waals surface area contributed by atoms with E-state index in [1.807, 2.05) is 81.4 Å². The van der Waals surface area contributed by atoms with Crippen LogP contribution in [0.5, 0.6) is 0 Å². The zero-order chi connectivity index (χ0) is 19.8. The zero-order valence-electron chi connectivity index (χ0n) is 15.8. The van der Waals surface area contributed by atoms with Crippen molar-refractivity contribution in [3.63, 3.8) is 0 Å². The summed E-state index contributed by atoms with van der Waals surface area (Å²) in [7, 11) is -0.739. The third-order valence-electron chi connectivity index (χ3n) is 4.22. The number of aryl methyl sites for hydroxylation is 3. The molecule has 0 saturated carbocycles. The lowest BCUT2D eigenvalue weighted by Crippen LogP contribution is -2.15. The predicted molar refractivity (Wildman–Crippen MR) is 113 cm³/mol. The minimum absolute atomic E-state index is 0.235. The van der Waals surface area contributed by atoms with Crippen molar-refractivity contribution in [2.75, 3.05) is 0 Å². The van der Waals surface area contributed by atoms with Crippen LogP contribution in [-0.2, 0) is 4.57 Å². The van der Waals surface area contributed by atoms with Crippen molar-refractivity contribution in [1.82, 2.24) is 0 Å². The van der Waals surface area contributed by atoms with Gasteiger partial charge < -0.3 is 9.67 Å². The van der Waals surface area contributed by atoms with Crippen LogP contribution in [0.15, 0.2) is 72.8 Å². The Kier molecular flexibility index (Phi) is 7.72. The van der Waals surface area contributed by atoms with Crippen LogP contribution in [0.25, 0.3) is 0 Å². The van der Waals surface area contributed by atoms with Gasteiger partial charge in [-0.25, -0.2) is 0 Å². The number of ketones is 1. The fourth-order valence-corrected chi connectivity index (χ4v) is 3.40. The minimum Gasteiger partial charge on any atom is -0.380 e. The maximum Gasteiger partial charge on any atom is 0.196 e. The van der Waals surface area contributed by atoms with E-state index >= 15 is 0 Å². The van der Waals surface area contributed by atoms with Gasteiger partial charge in [-0.05, 0) is 37.5 Å². The highest BCUT2D eigenvalue weighted by molar-refractivity contribution is 7.34. The average Bonchev–Trinajstić information content (AvgIpc) is 2.68. The van der Waals surface area contributed by atoms with Crippen LogP contribution in [0.2, 0.25) is 0 Å². The van der Waals surface area contributed by atoms with Gasteiger partial charge in [0.15, 0.2) is 5.78 Å². The highest BCUT2D eigenvalue weighted by Gasteiger charge is 2.22. The fraction of sp³-hybridized carbons (Fsp3) is 0.174. The van der Waals surface area contributed by atoms with E-state index in [4.69, 9.17) is 0 Å². The van der Waals surface area contributed by atoms with Crippen LogP contribution in [0.4, 0.5) is 0 Å². The molecule has 2 unspecified atom stereocenters.